The maximum Gasteiger partial charge on any atom is 0.255 e. The molecular weight excluding hydrogens is 284 g/mol. The molecular formula is C20H26N2O. The van der Waals surface area contributed by atoms with Crippen molar-refractivity contribution in [2.45, 2.75) is 59.0 Å². The Balaban J connectivity index is 2.14. The Bertz CT molecular complexity index is 789. The van der Waals surface area contributed by atoms with Gasteiger partial charge in [0.15, 0.2) is 0 Å². The number of aromatic nitrogens is 1. The molecule has 0 amide bonds. The van der Waals surface area contributed by atoms with Gasteiger partial charge >= 0.3 is 0 Å². The predicted molar refractivity (Wildman–Crippen MR) is 95.0 cm³/mol. The summed E-state index contributed by atoms with van der Waals surface area (Å²) in [6.45, 7) is 7.03. The van der Waals surface area contributed by atoms with E-state index in [4.69, 9.17) is 5.73 Å². The maximum absolute atomic E-state index is 13.0. The van der Waals surface area contributed by atoms with Crippen molar-refractivity contribution in [3.8, 4) is 0 Å². The zero-order chi connectivity index (χ0) is 16.6. The lowest BCUT2D eigenvalue weighted by Gasteiger charge is -2.19. The average molecular weight is 310 g/mol. The van der Waals surface area contributed by atoms with Crippen molar-refractivity contribution in [2.75, 3.05) is 0 Å². The van der Waals surface area contributed by atoms with Crippen molar-refractivity contribution in [3.63, 3.8) is 0 Å². The van der Waals surface area contributed by atoms with Crippen molar-refractivity contribution in [2.24, 2.45) is 5.73 Å². The van der Waals surface area contributed by atoms with Gasteiger partial charge in [-0.3, -0.25) is 4.79 Å². The van der Waals surface area contributed by atoms with Crippen LogP contribution in [0.2, 0.25) is 0 Å². The first-order valence-corrected chi connectivity index (χ1v) is 8.61. The molecule has 3 heteroatoms. The van der Waals surface area contributed by atoms with Crippen molar-refractivity contribution in [1.29, 1.82) is 0 Å². The molecule has 1 heterocycles. The first-order chi connectivity index (χ1) is 11.0. The van der Waals surface area contributed by atoms with Crippen LogP contribution in [0.15, 0.2) is 29.1 Å². The summed E-state index contributed by atoms with van der Waals surface area (Å²) in [5.74, 6) is 0. The number of nitrogens with zero attached hydrogens (tertiary/aromatic N) is 1. The van der Waals surface area contributed by atoms with Crippen LogP contribution in [0.25, 0.3) is 0 Å². The molecule has 0 bridgehead atoms. The lowest BCUT2D eigenvalue weighted by Crippen LogP contribution is -2.31. The molecule has 1 aliphatic rings. The molecule has 1 aliphatic carbocycles. The fourth-order valence-corrected chi connectivity index (χ4v) is 3.69. The lowest BCUT2D eigenvalue weighted by atomic mass is 9.94. The van der Waals surface area contributed by atoms with E-state index in [0.717, 1.165) is 48.9 Å². The topological polar surface area (TPSA) is 48.0 Å². The van der Waals surface area contributed by atoms with E-state index in [0.29, 0.717) is 0 Å². The Kier molecular flexibility index (Phi) is 4.40. The van der Waals surface area contributed by atoms with Crippen LogP contribution in [-0.2, 0) is 19.4 Å². The van der Waals surface area contributed by atoms with E-state index in [-0.39, 0.29) is 11.6 Å². The summed E-state index contributed by atoms with van der Waals surface area (Å²) in [7, 11) is 0. The summed E-state index contributed by atoms with van der Waals surface area (Å²) in [5.41, 5.74) is 13.3. The number of hydrogen-bond donors (Lipinski definition) is 1. The summed E-state index contributed by atoms with van der Waals surface area (Å²) < 4.78 is 1.97. The second kappa shape index (κ2) is 6.32. The zero-order valence-corrected chi connectivity index (χ0v) is 14.4. The van der Waals surface area contributed by atoms with Crippen LogP contribution in [0.5, 0.6) is 0 Å². The highest BCUT2D eigenvalue weighted by Gasteiger charge is 2.23. The van der Waals surface area contributed by atoms with E-state index in [1.54, 1.807) is 0 Å². The van der Waals surface area contributed by atoms with Gasteiger partial charge < -0.3 is 10.3 Å². The minimum absolute atomic E-state index is 0.0981. The summed E-state index contributed by atoms with van der Waals surface area (Å²) in [4.78, 5) is 13.0. The van der Waals surface area contributed by atoms with E-state index >= 15 is 0 Å². The fraction of sp³-hybridized carbons (Fsp3) is 0.450. The number of benzene rings is 1. The number of hydrogen-bond acceptors (Lipinski definition) is 2. The highest BCUT2D eigenvalue weighted by Crippen LogP contribution is 2.27. The molecule has 0 saturated carbocycles. The van der Waals surface area contributed by atoms with Crippen molar-refractivity contribution in [3.05, 3.63) is 68.1 Å². The maximum atomic E-state index is 13.0. The molecule has 0 spiro atoms. The monoisotopic (exact) mass is 310 g/mol. The summed E-state index contributed by atoms with van der Waals surface area (Å²) in [5, 5.41) is 0. The van der Waals surface area contributed by atoms with Gasteiger partial charge in [-0.1, -0.05) is 30.7 Å². The molecule has 0 saturated heterocycles. The number of pyridine rings is 1. The standard InChI is InChI=1S/C20H26N2O/c1-4-10-22-18-7-5-6-15(18)12-17(20(22)23)19(21)16-11-13(2)8-9-14(16)3/h8-9,11-12,19H,4-7,10,21H2,1-3H3. The smallest absolute Gasteiger partial charge is 0.255 e. The molecule has 0 aliphatic heterocycles. The summed E-state index contributed by atoms with van der Waals surface area (Å²) in [6, 6.07) is 8.00. The van der Waals surface area contributed by atoms with Crippen LogP contribution in [0.4, 0.5) is 0 Å². The SMILES string of the molecule is CCCn1c2c(cc(C(N)c3cc(C)ccc3C)c1=O)CCC2. The average Bonchev–Trinajstić information content (AvgIpc) is 3.00. The minimum atomic E-state index is -0.351. The third-order valence-electron chi connectivity index (χ3n) is 4.93. The van der Waals surface area contributed by atoms with Gasteiger partial charge in [-0.25, -0.2) is 0 Å². The Morgan fingerprint density at radius 1 is 1.17 bits per heavy atom. The van der Waals surface area contributed by atoms with E-state index in [2.05, 4.69) is 45.0 Å². The fourth-order valence-electron chi connectivity index (χ4n) is 3.69. The number of aryl methyl sites for hydroxylation is 3. The van der Waals surface area contributed by atoms with E-state index < -0.39 is 0 Å². The third kappa shape index (κ3) is 2.86. The van der Waals surface area contributed by atoms with Gasteiger partial charge in [0.25, 0.3) is 5.56 Å². The van der Waals surface area contributed by atoms with Crippen molar-refractivity contribution < 1.29 is 0 Å². The Labute approximate surface area is 138 Å². The van der Waals surface area contributed by atoms with E-state index in [1.807, 2.05) is 4.57 Å². The molecule has 2 aromatic rings. The van der Waals surface area contributed by atoms with Crippen LogP contribution in [0.3, 0.4) is 0 Å². The molecule has 2 N–H and O–H groups in total. The molecule has 1 unspecified atom stereocenters. The molecule has 3 nitrogen and oxygen atoms in total. The van der Waals surface area contributed by atoms with Crippen LogP contribution in [0, 0.1) is 13.8 Å². The lowest BCUT2D eigenvalue weighted by molar-refractivity contribution is 0.612. The van der Waals surface area contributed by atoms with Gasteiger partial charge in [0.05, 0.1) is 6.04 Å². The molecule has 3 rings (SSSR count). The van der Waals surface area contributed by atoms with Gasteiger partial charge in [-0.15, -0.1) is 0 Å². The first-order valence-electron chi connectivity index (χ1n) is 8.61. The first kappa shape index (κ1) is 16.0. The van der Waals surface area contributed by atoms with Crippen LogP contribution < -0.4 is 11.3 Å². The molecule has 0 fully saturated rings. The molecule has 122 valence electrons. The Morgan fingerprint density at radius 2 is 1.96 bits per heavy atom. The zero-order valence-electron chi connectivity index (χ0n) is 14.4. The van der Waals surface area contributed by atoms with Crippen LogP contribution >= 0.6 is 0 Å². The van der Waals surface area contributed by atoms with Crippen LogP contribution in [-0.4, -0.2) is 4.57 Å². The molecule has 23 heavy (non-hydrogen) atoms. The predicted octanol–water partition coefficient (Wildman–Crippen LogP) is 3.41. The van der Waals surface area contributed by atoms with Gasteiger partial charge in [-0.05, 0) is 62.3 Å². The largest absolute Gasteiger partial charge is 0.320 e. The molecule has 1 aromatic heterocycles. The van der Waals surface area contributed by atoms with E-state index in [1.165, 1.54) is 16.8 Å². The van der Waals surface area contributed by atoms with Gasteiger partial charge in [0.2, 0.25) is 0 Å². The Hall–Kier alpha value is -1.87. The van der Waals surface area contributed by atoms with Crippen molar-refractivity contribution in [1.82, 2.24) is 4.57 Å². The van der Waals surface area contributed by atoms with Crippen molar-refractivity contribution >= 4 is 0 Å². The number of fused-ring (bicyclic) bond motifs is 1. The second-order valence-corrected chi connectivity index (χ2v) is 6.72. The summed E-state index contributed by atoms with van der Waals surface area (Å²) in [6.07, 6.45) is 4.19. The van der Waals surface area contributed by atoms with Crippen LogP contribution in [0.1, 0.15) is 59.3 Å². The van der Waals surface area contributed by atoms with Gasteiger partial charge in [-0.2, -0.15) is 0 Å². The molecule has 0 radical (unpaired) electrons. The summed E-state index contributed by atoms with van der Waals surface area (Å²) >= 11 is 0. The highest BCUT2D eigenvalue weighted by atomic mass is 16.1. The minimum Gasteiger partial charge on any atom is -0.320 e. The molecule has 1 atom stereocenters. The normalized spacial score (nSPS) is 14.8. The third-order valence-corrected chi connectivity index (χ3v) is 4.93. The highest BCUT2D eigenvalue weighted by molar-refractivity contribution is 5.41. The Morgan fingerprint density at radius 3 is 2.70 bits per heavy atom. The second-order valence-electron chi connectivity index (χ2n) is 6.72. The number of rotatable bonds is 4. The van der Waals surface area contributed by atoms with Gasteiger partial charge in [0.1, 0.15) is 0 Å². The quantitative estimate of drug-likeness (QED) is 0.940. The van der Waals surface area contributed by atoms with E-state index in [9.17, 15) is 4.79 Å². The number of nitrogens with two attached hydrogens (primary N) is 1. The van der Waals surface area contributed by atoms with Gasteiger partial charge in [0, 0.05) is 17.8 Å². The molecule has 1 aromatic carbocycles.